The maximum absolute atomic E-state index is 15.0. The molecule has 0 saturated carbocycles. The number of unbranched alkanes of at least 4 members (excludes halogenated alkanes) is 4. The third-order valence-corrected chi connectivity index (χ3v) is 22.8. The molecule has 36 nitrogen and oxygen atoms in total. The molecule has 9 N–H and O–H groups in total. The number of nitrogens with one attached hydrogen (secondary N) is 2. The number of halogens is 6. The van der Waals surface area contributed by atoms with Crippen LogP contribution >= 0.6 is 27.5 Å². The van der Waals surface area contributed by atoms with Crippen molar-refractivity contribution in [2.24, 2.45) is 0 Å². The SMILES string of the molecule is C.COC(=O)CCCCBr.COC(=O)CCCCN1CCN(c2ccc(N)nc2)CC1.COC(=O)CCCCN1CCN(c2ccc(N)nc2)CC1.COC(=O)CCCCN1CCN(c2ccc(Nc3ncc(F)c(-c4cc(F)c5nc(C)n(C(C)C)c5c4)n3)nc2)CC1.Cc1nc2c(F)cc(-c3nc(Cl)ncc3F)cc2n1C(C)C.O.O=[N+]([O-])c1ccc(N2CCNCC2)cn1.[Li+].[OH-]. The van der Waals surface area contributed by atoms with Crippen LogP contribution in [0.5, 0.6) is 0 Å². The van der Waals surface area contributed by atoms with Gasteiger partial charge in [-0.15, -0.1) is 0 Å². The Labute approximate surface area is 805 Å². The molecule has 0 bridgehead atoms. The zero-order valence-electron chi connectivity index (χ0n) is 77.6. The number of esters is 4. The minimum Gasteiger partial charge on any atom is -0.870 e. The van der Waals surface area contributed by atoms with Crippen molar-refractivity contribution >= 4 is 125 Å². The van der Waals surface area contributed by atoms with Crippen LogP contribution in [-0.2, 0) is 38.1 Å². The van der Waals surface area contributed by atoms with Crippen LogP contribution in [0, 0.1) is 47.2 Å². The first kappa shape index (κ1) is 113. The Morgan fingerprint density at radius 3 is 1.19 bits per heavy atom. The number of nitrogens with two attached hydrogens (primary N) is 2. The van der Waals surface area contributed by atoms with Gasteiger partial charge in [-0.3, -0.25) is 33.9 Å². The Hall–Kier alpha value is -11.1. The fourth-order valence-electron chi connectivity index (χ4n) is 15.1. The standard InChI is InChI=1S/C30H36F2N8O2.C15H13ClF2N4.2C15H24N4O2.C9H12N4O2.C6H11BrO2.CH4.Li.2H2O/c1-19(2)40-20(3)35-29-23(31)15-21(16-25(29)40)28-24(32)18-34-30(37-28)36-26-9-8-22(17-33-26)39-13-11-38(12-14-39)10-6-5-7-27(41)42-4;1-7(2)22-8(3)20-14-10(17)4-9(5-12(14)22)13-11(18)6-19-15(16)21-13;2*1-21-15(20)4-2-3-7-18-8-10-19(11-9-18)13-5-6-14(16)17-12-13;14-13(15)9-2-1-8(7-11-9)12-5-3-10-4-6-12;1-9-6(8)4-2-3-5-7;;;;/h8-9,15-19H,5-7,10-14H2,1-4H3,(H,33,34,36,37);4-7H,1-3H3;2*5-6,12H,2-4,7-11H2,1H3,(H2,16,17);1-2,7,10H,3-6H2;2-5H2,1H3;1H4;;2*1H2/q;;;;;;;+1;;/p-1. The number of aromatic nitrogens is 12. The Bertz CT molecular complexity index is 5170. The summed E-state index contributed by atoms with van der Waals surface area (Å²) in [6.45, 7) is 30.2. The van der Waals surface area contributed by atoms with Crippen molar-refractivity contribution in [3.8, 4) is 22.5 Å². The van der Waals surface area contributed by atoms with E-state index in [0.717, 1.165) is 216 Å². The molecule has 2 aromatic carbocycles. The maximum atomic E-state index is 15.0. The smallest absolute Gasteiger partial charge is 0.870 e. The summed E-state index contributed by atoms with van der Waals surface area (Å²) >= 11 is 8.98. The van der Waals surface area contributed by atoms with Gasteiger partial charge in [0, 0.05) is 165 Å². The number of ether oxygens (including phenoxy) is 4. The van der Waals surface area contributed by atoms with Gasteiger partial charge >= 0.3 is 48.6 Å². The average molecular weight is 1950 g/mol. The van der Waals surface area contributed by atoms with E-state index in [1.165, 1.54) is 46.6 Å². The molecule has 12 heterocycles. The molecule has 14 rings (SSSR count). The topological polar surface area (TPSA) is 447 Å². The molecule has 0 spiro atoms. The molecule has 43 heteroatoms. The van der Waals surface area contributed by atoms with Gasteiger partial charge in [0.2, 0.25) is 11.2 Å². The van der Waals surface area contributed by atoms with Crippen molar-refractivity contribution in [1.82, 2.24) is 79.0 Å². The number of carbonyl (C=O) groups is 4. The van der Waals surface area contributed by atoms with E-state index in [9.17, 15) is 42.5 Å². The van der Waals surface area contributed by atoms with Gasteiger partial charge in [0.05, 0.1) is 93.2 Å². The van der Waals surface area contributed by atoms with Gasteiger partial charge in [-0.1, -0.05) is 23.4 Å². The number of nitro groups is 1. The van der Waals surface area contributed by atoms with Crippen LogP contribution < -0.4 is 60.6 Å². The first-order valence-electron chi connectivity index (χ1n) is 43.6. The summed E-state index contributed by atoms with van der Waals surface area (Å²) in [6.07, 6.45) is 18.7. The number of methoxy groups -OCH3 is 4. The normalized spacial score (nSPS) is 13.8. The zero-order valence-corrected chi connectivity index (χ0v) is 79.9. The van der Waals surface area contributed by atoms with Crippen molar-refractivity contribution in [3.05, 3.63) is 160 Å². The van der Waals surface area contributed by atoms with E-state index in [2.05, 4.69) is 125 Å². The monoisotopic (exact) mass is 1940 g/mol. The molecule has 4 fully saturated rings. The summed E-state index contributed by atoms with van der Waals surface area (Å²) in [4.78, 5) is 111. The first-order valence-corrected chi connectivity index (χ1v) is 45.1. The zero-order chi connectivity index (χ0) is 93.8. The summed E-state index contributed by atoms with van der Waals surface area (Å²) < 4.78 is 80.4. The van der Waals surface area contributed by atoms with Crippen LogP contribution in [0.2, 0.25) is 5.28 Å². The third-order valence-electron chi connectivity index (χ3n) is 22.0. The predicted octanol–water partition coefficient (Wildman–Crippen LogP) is 10.6. The fraction of sp³-hybridized carbons (Fsp3) is 0.495. The number of piperazine rings is 4. The second-order valence-corrected chi connectivity index (χ2v) is 32.8. The quantitative estimate of drug-likeness (QED) is 0.00374. The Morgan fingerprint density at radius 1 is 0.485 bits per heavy atom. The van der Waals surface area contributed by atoms with Crippen LogP contribution in [0.15, 0.2) is 110 Å². The van der Waals surface area contributed by atoms with Crippen molar-refractivity contribution in [3.63, 3.8) is 0 Å². The third kappa shape index (κ3) is 35.0. The van der Waals surface area contributed by atoms with Gasteiger partial charge < -0.3 is 90.8 Å². The molecule has 134 heavy (non-hydrogen) atoms. The number of anilines is 8. The summed E-state index contributed by atoms with van der Waals surface area (Å²) in [5.41, 5.74) is 17.7. The molecule has 4 saturated heterocycles. The van der Waals surface area contributed by atoms with E-state index >= 15 is 4.39 Å². The number of hydrogen-bond acceptors (Lipinski definition) is 32. The van der Waals surface area contributed by atoms with E-state index in [1.54, 1.807) is 37.5 Å². The van der Waals surface area contributed by atoms with Crippen LogP contribution in [0.25, 0.3) is 44.6 Å². The number of aryl methyl sites for hydroxylation is 2. The molecule has 8 aromatic heterocycles. The number of imidazole rings is 2. The molecule has 10 aromatic rings. The number of fused-ring (bicyclic) bond motifs is 2. The largest absolute Gasteiger partial charge is 1.00 e. The summed E-state index contributed by atoms with van der Waals surface area (Å²) in [5.74, 6) is 0.188. The first-order chi connectivity index (χ1) is 62.6. The van der Waals surface area contributed by atoms with Crippen LogP contribution in [-0.4, -0.2) is 272 Å². The summed E-state index contributed by atoms with van der Waals surface area (Å²) in [6, 6.07) is 20.7. The van der Waals surface area contributed by atoms with Crippen molar-refractivity contribution < 1.29 is 90.4 Å². The molecular formula is C91H127BrClF4LiN24O12. The van der Waals surface area contributed by atoms with Crippen molar-refractivity contribution in [1.29, 1.82) is 0 Å². The van der Waals surface area contributed by atoms with Crippen LogP contribution in [0.4, 0.5) is 69.5 Å². The van der Waals surface area contributed by atoms with Crippen molar-refractivity contribution in [2.45, 2.75) is 138 Å². The Kier molecular flexibility index (Phi) is 49.3. The number of carbonyl (C=O) groups excluding carboxylic acids is 4. The van der Waals surface area contributed by atoms with Gasteiger partial charge in [-0.25, -0.2) is 62.4 Å². The predicted molar refractivity (Wildman–Crippen MR) is 513 cm³/mol. The van der Waals surface area contributed by atoms with Gasteiger partial charge in [0.15, 0.2) is 29.5 Å². The summed E-state index contributed by atoms with van der Waals surface area (Å²) in [5, 5.41) is 17.6. The molecular weight excluding hydrogens is 1820 g/mol. The number of nitrogen functional groups attached to an aromatic ring is 2. The number of benzene rings is 2. The average Bonchev–Trinajstić information content (AvgIpc) is 1.62. The molecule has 0 radical (unpaired) electrons. The van der Waals surface area contributed by atoms with Gasteiger partial charge in [-0.05, 0) is 201 Å². The van der Waals surface area contributed by atoms with E-state index in [4.69, 9.17) is 27.8 Å². The minimum atomic E-state index is -0.657. The number of nitrogens with zero attached hydrogens (tertiary/aromatic N) is 20. The number of hydrogen-bond donors (Lipinski definition) is 4. The van der Waals surface area contributed by atoms with Gasteiger partial charge in [0.1, 0.15) is 51.5 Å². The van der Waals surface area contributed by atoms with Crippen LogP contribution in [0.1, 0.15) is 136 Å². The maximum Gasteiger partial charge on any atom is 1.00 e. The van der Waals surface area contributed by atoms with Gasteiger partial charge in [-0.2, -0.15) is 0 Å². The Balaban J connectivity index is 0.000000299. The second-order valence-electron chi connectivity index (χ2n) is 31.7. The van der Waals surface area contributed by atoms with Gasteiger partial charge in [0.25, 0.3) is 0 Å². The summed E-state index contributed by atoms with van der Waals surface area (Å²) in [7, 11) is 5.71. The minimum absolute atomic E-state index is 0. The molecule has 0 aliphatic carbocycles. The van der Waals surface area contributed by atoms with Crippen LogP contribution in [0.3, 0.4) is 0 Å². The van der Waals surface area contributed by atoms with E-state index in [1.807, 2.05) is 92.5 Å². The van der Waals surface area contributed by atoms with E-state index < -0.39 is 28.2 Å². The molecule has 0 atom stereocenters. The molecule has 4 aliphatic heterocycles. The van der Waals surface area contributed by atoms with E-state index in [0.29, 0.717) is 76.9 Å². The molecule has 4 aliphatic rings. The molecule has 0 unspecified atom stereocenters. The van der Waals surface area contributed by atoms with E-state index in [-0.39, 0.29) is 113 Å². The fourth-order valence-corrected chi connectivity index (χ4v) is 15.6. The second kappa shape index (κ2) is 58.2. The number of pyridine rings is 4. The molecule has 0 amide bonds. The number of alkyl halides is 1. The Morgan fingerprint density at radius 2 is 0.843 bits per heavy atom. The van der Waals surface area contributed by atoms with Crippen molar-refractivity contribution in [2.75, 3.05) is 195 Å². The number of rotatable bonds is 30. The molecule has 726 valence electrons.